The highest BCUT2D eigenvalue weighted by atomic mass is 16.2. The highest BCUT2D eigenvalue weighted by Gasteiger charge is 2.02. The summed E-state index contributed by atoms with van der Waals surface area (Å²) in [5, 5.41) is 4.74. The normalized spacial score (nSPS) is 11.0. The quantitative estimate of drug-likeness (QED) is 0.567. The Balaban J connectivity index is 1.69. The number of amides is 1. The molecular weight excluding hydrogens is 292 g/mol. The van der Waals surface area contributed by atoms with Crippen LogP contribution in [0.2, 0.25) is 0 Å². The molecule has 1 amide bonds. The van der Waals surface area contributed by atoms with Crippen molar-refractivity contribution in [3.63, 3.8) is 0 Å². The summed E-state index contributed by atoms with van der Waals surface area (Å²) < 4.78 is 0. The second kappa shape index (κ2) is 6.65. The minimum Gasteiger partial charge on any atom is -0.321 e. The molecule has 2 N–H and O–H groups in total. The van der Waals surface area contributed by atoms with Crippen molar-refractivity contribution < 1.29 is 4.79 Å². The number of pyridine rings is 2. The smallest absolute Gasteiger partial charge is 0.257 e. The summed E-state index contributed by atoms with van der Waals surface area (Å²) in [5.74, 6) is -0.260. The Labute approximate surface area is 131 Å². The number of hydrogen-bond donors (Lipinski definition) is 2. The second-order valence-corrected chi connectivity index (χ2v) is 4.97. The lowest BCUT2D eigenvalue weighted by Crippen LogP contribution is -2.20. The first-order valence-corrected chi connectivity index (χ1v) is 7.05. The molecule has 0 saturated heterocycles. The van der Waals surface area contributed by atoms with Gasteiger partial charge >= 0.3 is 0 Å². The van der Waals surface area contributed by atoms with Crippen molar-refractivity contribution in [2.45, 2.75) is 6.42 Å². The first-order chi connectivity index (χ1) is 11.2. The molecule has 0 aliphatic heterocycles. The van der Waals surface area contributed by atoms with E-state index in [1.807, 2.05) is 24.3 Å². The molecule has 0 radical (unpaired) electrons. The monoisotopic (exact) mass is 306 g/mol. The average Bonchev–Trinajstić information content (AvgIpc) is 2.56. The molecule has 0 saturated carbocycles. The SMILES string of the molecule is O=C(Cc1ccncc1)N/N=C/c1cc2ccccc2[nH]c1=O. The van der Waals surface area contributed by atoms with E-state index in [1.165, 1.54) is 6.21 Å². The Kier molecular flexibility index (Phi) is 4.24. The van der Waals surface area contributed by atoms with Gasteiger partial charge in [-0.2, -0.15) is 5.10 Å². The number of benzene rings is 1. The highest BCUT2D eigenvalue weighted by Crippen LogP contribution is 2.08. The maximum atomic E-state index is 11.9. The molecule has 23 heavy (non-hydrogen) atoms. The van der Waals surface area contributed by atoms with Crippen molar-refractivity contribution in [2.24, 2.45) is 5.10 Å². The summed E-state index contributed by atoms with van der Waals surface area (Å²) in [7, 11) is 0. The maximum Gasteiger partial charge on any atom is 0.257 e. The van der Waals surface area contributed by atoms with E-state index in [-0.39, 0.29) is 17.9 Å². The summed E-state index contributed by atoms with van der Waals surface area (Å²) >= 11 is 0. The van der Waals surface area contributed by atoms with E-state index < -0.39 is 0 Å². The van der Waals surface area contributed by atoms with Crippen LogP contribution in [0, 0.1) is 0 Å². The third-order valence-electron chi connectivity index (χ3n) is 3.29. The molecule has 2 aromatic heterocycles. The van der Waals surface area contributed by atoms with Crippen LogP contribution < -0.4 is 11.0 Å². The van der Waals surface area contributed by atoms with Crippen LogP contribution in [0.3, 0.4) is 0 Å². The van der Waals surface area contributed by atoms with Gasteiger partial charge in [0.15, 0.2) is 0 Å². The molecule has 2 heterocycles. The van der Waals surface area contributed by atoms with Gasteiger partial charge in [-0.15, -0.1) is 0 Å². The summed E-state index contributed by atoms with van der Waals surface area (Å²) in [4.78, 5) is 30.4. The number of carbonyl (C=O) groups excluding carboxylic acids is 1. The molecule has 0 unspecified atom stereocenters. The van der Waals surface area contributed by atoms with Crippen LogP contribution in [0.4, 0.5) is 0 Å². The van der Waals surface area contributed by atoms with Crippen molar-refractivity contribution in [3.05, 3.63) is 76.3 Å². The molecule has 3 rings (SSSR count). The van der Waals surface area contributed by atoms with Gasteiger partial charge in [0, 0.05) is 17.9 Å². The fourth-order valence-corrected chi connectivity index (χ4v) is 2.16. The van der Waals surface area contributed by atoms with Crippen molar-refractivity contribution in [1.82, 2.24) is 15.4 Å². The molecular formula is C17H14N4O2. The minimum absolute atomic E-state index is 0.202. The topological polar surface area (TPSA) is 87.2 Å². The average molecular weight is 306 g/mol. The third-order valence-corrected chi connectivity index (χ3v) is 3.29. The molecule has 0 aliphatic rings. The van der Waals surface area contributed by atoms with Gasteiger partial charge in [0.05, 0.1) is 18.2 Å². The first kappa shape index (κ1) is 14.6. The number of carbonyl (C=O) groups is 1. The third kappa shape index (κ3) is 3.68. The Morgan fingerprint density at radius 1 is 1.22 bits per heavy atom. The molecule has 3 aromatic rings. The van der Waals surface area contributed by atoms with Gasteiger partial charge in [-0.05, 0) is 35.2 Å². The Morgan fingerprint density at radius 2 is 2.00 bits per heavy atom. The zero-order valence-electron chi connectivity index (χ0n) is 12.2. The second-order valence-electron chi connectivity index (χ2n) is 4.97. The van der Waals surface area contributed by atoms with Gasteiger partial charge in [-0.3, -0.25) is 14.6 Å². The lowest BCUT2D eigenvalue weighted by molar-refractivity contribution is -0.120. The number of nitrogens with zero attached hydrogens (tertiary/aromatic N) is 2. The van der Waals surface area contributed by atoms with E-state index in [2.05, 4.69) is 20.5 Å². The lowest BCUT2D eigenvalue weighted by atomic mass is 10.2. The van der Waals surface area contributed by atoms with Crippen molar-refractivity contribution in [1.29, 1.82) is 0 Å². The van der Waals surface area contributed by atoms with Gasteiger partial charge < -0.3 is 4.98 Å². The van der Waals surface area contributed by atoms with E-state index in [0.29, 0.717) is 5.56 Å². The van der Waals surface area contributed by atoms with Crippen LogP contribution in [-0.4, -0.2) is 22.1 Å². The minimum atomic E-state index is -0.260. The zero-order chi connectivity index (χ0) is 16.1. The number of nitrogens with one attached hydrogen (secondary N) is 2. The largest absolute Gasteiger partial charge is 0.321 e. The Bertz CT molecular complexity index is 917. The van der Waals surface area contributed by atoms with E-state index >= 15 is 0 Å². The van der Waals surface area contributed by atoms with Crippen LogP contribution >= 0.6 is 0 Å². The molecule has 1 aromatic carbocycles. The van der Waals surface area contributed by atoms with E-state index in [1.54, 1.807) is 30.6 Å². The Hall–Kier alpha value is -3.28. The predicted molar refractivity (Wildman–Crippen MR) is 88.2 cm³/mol. The molecule has 0 fully saturated rings. The molecule has 0 aliphatic carbocycles. The van der Waals surface area contributed by atoms with E-state index in [0.717, 1.165) is 16.5 Å². The highest BCUT2D eigenvalue weighted by molar-refractivity contribution is 5.88. The number of para-hydroxylation sites is 1. The molecule has 0 atom stereocenters. The van der Waals surface area contributed by atoms with E-state index in [4.69, 9.17) is 0 Å². The van der Waals surface area contributed by atoms with E-state index in [9.17, 15) is 9.59 Å². The summed E-state index contributed by atoms with van der Waals surface area (Å²) in [6.45, 7) is 0. The van der Waals surface area contributed by atoms with Gasteiger partial charge in [0.1, 0.15) is 0 Å². The number of fused-ring (bicyclic) bond motifs is 1. The van der Waals surface area contributed by atoms with Crippen molar-refractivity contribution in [3.8, 4) is 0 Å². The maximum absolute atomic E-state index is 11.9. The van der Waals surface area contributed by atoms with Gasteiger partial charge in [0.2, 0.25) is 5.91 Å². The summed E-state index contributed by atoms with van der Waals surface area (Å²) in [6.07, 6.45) is 4.80. The van der Waals surface area contributed by atoms with Crippen LogP contribution in [-0.2, 0) is 11.2 Å². The standard InChI is InChI=1S/C17H14N4O2/c22-16(9-12-5-7-18-8-6-12)21-19-11-14-10-13-3-1-2-4-15(13)20-17(14)23/h1-8,10-11H,9H2,(H,20,23)(H,21,22)/b19-11+. The zero-order valence-corrected chi connectivity index (χ0v) is 12.2. The van der Waals surface area contributed by atoms with Gasteiger partial charge in [0.25, 0.3) is 5.56 Å². The number of hydrogen-bond acceptors (Lipinski definition) is 4. The molecule has 114 valence electrons. The molecule has 0 spiro atoms. The predicted octanol–water partition coefficient (Wildman–Crippen LogP) is 1.62. The number of aromatic nitrogens is 2. The fraction of sp³-hybridized carbons (Fsp3) is 0.0588. The van der Waals surface area contributed by atoms with Crippen molar-refractivity contribution >= 4 is 23.0 Å². The van der Waals surface area contributed by atoms with Crippen LogP contribution in [0.1, 0.15) is 11.1 Å². The number of rotatable bonds is 4. The van der Waals surface area contributed by atoms with Crippen molar-refractivity contribution in [2.75, 3.05) is 0 Å². The van der Waals surface area contributed by atoms with Gasteiger partial charge in [-0.1, -0.05) is 18.2 Å². The van der Waals surface area contributed by atoms with Crippen LogP contribution in [0.25, 0.3) is 10.9 Å². The molecule has 0 bridgehead atoms. The number of hydrazone groups is 1. The number of aromatic amines is 1. The molecule has 6 nitrogen and oxygen atoms in total. The first-order valence-electron chi connectivity index (χ1n) is 7.05. The van der Waals surface area contributed by atoms with Gasteiger partial charge in [-0.25, -0.2) is 5.43 Å². The van der Waals surface area contributed by atoms with Crippen LogP contribution in [0.5, 0.6) is 0 Å². The van der Waals surface area contributed by atoms with Crippen LogP contribution in [0.15, 0.2) is 64.8 Å². The lowest BCUT2D eigenvalue weighted by Gasteiger charge is -2.00. The Morgan fingerprint density at radius 3 is 2.83 bits per heavy atom. The number of H-pyrrole nitrogens is 1. The summed E-state index contributed by atoms with van der Waals surface area (Å²) in [6, 6.07) is 12.7. The molecule has 6 heteroatoms. The fourth-order valence-electron chi connectivity index (χ4n) is 2.16. The summed E-state index contributed by atoms with van der Waals surface area (Å²) in [5.41, 5.74) is 4.14.